The van der Waals surface area contributed by atoms with E-state index in [9.17, 15) is 0 Å². The number of ether oxygens (including phenoxy) is 3. The summed E-state index contributed by atoms with van der Waals surface area (Å²) in [5.74, 6) is 2.49. The highest BCUT2D eigenvalue weighted by Gasteiger charge is 2.34. The maximum absolute atomic E-state index is 5.65. The highest BCUT2D eigenvalue weighted by molar-refractivity contribution is 5.85. The monoisotopic (exact) mass is 370 g/mol. The molecule has 1 aromatic carbocycles. The molecule has 3 atom stereocenters. The van der Waals surface area contributed by atoms with Gasteiger partial charge in [0.1, 0.15) is 11.5 Å². The van der Waals surface area contributed by atoms with Crippen LogP contribution in [-0.2, 0) is 11.2 Å². The van der Waals surface area contributed by atoms with Crippen LogP contribution in [0.15, 0.2) is 18.2 Å². The van der Waals surface area contributed by atoms with Gasteiger partial charge < -0.3 is 24.8 Å². The van der Waals surface area contributed by atoms with E-state index >= 15 is 0 Å². The number of morpholine rings is 1. The van der Waals surface area contributed by atoms with Gasteiger partial charge in [0.2, 0.25) is 0 Å². The van der Waals surface area contributed by atoms with E-state index in [1.54, 1.807) is 14.2 Å². The molecule has 25 heavy (non-hydrogen) atoms. The van der Waals surface area contributed by atoms with Gasteiger partial charge in [-0.1, -0.05) is 6.42 Å². The zero-order valence-corrected chi connectivity index (χ0v) is 16.1. The Hall–Kier alpha value is -1.01. The summed E-state index contributed by atoms with van der Waals surface area (Å²) in [5.41, 5.74) is 1.19. The van der Waals surface area contributed by atoms with Gasteiger partial charge >= 0.3 is 0 Å². The molecule has 2 fully saturated rings. The van der Waals surface area contributed by atoms with Crippen molar-refractivity contribution < 1.29 is 14.2 Å². The number of methoxy groups -OCH3 is 2. The number of nitrogens with one attached hydrogen (secondary N) is 2. The van der Waals surface area contributed by atoms with Crippen molar-refractivity contribution in [3.05, 3.63) is 23.8 Å². The van der Waals surface area contributed by atoms with Crippen LogP contribution >= 0.6 is 12.4 Å². The lowest BCUT2D eigenvalue weighted by Gasteiger charge is -2.33. The SMILES string of the molecule is COc1ccc(OC)c(CCNC2CCCC2C2COCCN2)c1.Cl. The van der Waals surface area contributed by atoms with E-state index in [-0.39, 0.29) is 12.4 Å². The zero-order valence-electron chi connectivity index (χ0n) is 15.3. The Kier molecular flexibility index (Phi) is 8.30. The molecule has 2 N–H and O–H groups in total. The second kappa shape index (κ2) is 10.2. The summed E-state index contributed by atoms with van der Waals surface area (Å²) in [5, 5.41) is 7.41. The van der Waals surface area contributed by atoms with Crippen molar-refractivity contribution in [2.45, 2.75) is 37.8 Å². The maximum atomic E-state index is 5.65. The third kappa shape index (κ3) is 5.23. The van der Waals surface area contributed by atoms with Crippen molar-refractivity contribution in [3.63, 3.8) is 0 Å². The van der Waals surface area contributed by atoms with Crippen molar-refractivity contribution in [3.8, 4) is 11.5 Å². The molecule has 1 saturated heterocycles. The third-order valence-electron chi connectivity index (χ3n) is 5.33. The second-order valence-corrected chi connectivity index (χ2v) is 6.72. The van der Waals surface area contributed by atoms with Crippen LogP contribution in [0.4, 0.5) is 0 Å². The summed E-state index contributed by atoms with van der Waals surface area (Å²) < 4.78 is 16.5. The lowest BCUT2D eigenvalue weighted by molar-refractivity contribution is 0.0526. The Balaban J connectivity index is 0.00000225. The molecule has 3 rings (SSSR count). The van der Waals surface area contributed by atoms with Crippen LogP contribution in [0, 0.1) is 5.92 Å². The van der Waals surface area contributed by atoms with E-state index in [0.29, 0.717) is 18.0 Å². The van der Waals surface area contributed by atoms with Crippen molar-refractivity contribution >= 4 is 12.4 Å². The van der Waals surface area contributed by atoms with Crippen molar-refractivity contribution in [1.29, 1.82) is 0 Å². The van der Waals surface area contributed by atoms with Crippen molar-refractivity contribution in [2.75, 3.05) is 40.5 Å². The first-order valence-corrected chi connectivity index (χ1v) is 9.07. The van der Waals surface area contributed by atoms with E-state index in [0.717, 1.165) is 44.2 Å². The number of halogens is 1. The molecular weight excluding hydrogens is 340 g/mol. The molecule has 0 aromatic heterocycles. The molecule has 0 radical (unpaired) electrons. The third-order valence-corrected chi connectivity index (χ3v) is 5.33. The fourth-order valence-corrected chi connectivity index (χ4v) is 4.05. The van der Waals surface area contributed by atoms with E-state index in [1.165, 1.54) is 24.8 Å². The van der Waals surface area contributed by atoms with Crippen LogP contribution in [0.1, 0.15) is 24.8 Å². The summed E-state index contributed by atoms with van der Waals surface area (Å²) in [4.78, 5) is 0. The number of hydrogen-bond acceptors (Lipinski definition) is 5. The largest absolute Gasteiger partial charge is 0.497 e. The van der Waals surface area contributed by atoms with E-state index in [4.69, 9.17) is 14.2 Å². The molecule has 0 amide bonds. The maximum Gasteiger partial charge on any atom is 0.122 e. The van der Waals surface area contributed by atoms with Gasteiger partial charge in [0.25, 0.3) is 0 Å². The molecule has 0 spiro atoms. The molecule has 1 aliphatic carbocycles. The average Bonchev–Trinajstić information content (AvgIpc) is 3.11. The van der Waals surface area contributed by atoms with Gasteiger partial charge in [0.05, 0.1) is 27.4 Å². The van der Waals surface area contributed by atoms with Gasteiger partial charge in [-0.05, 0) is 55.5 Å². The van der Waals surface area contributed by atoms with Crippen LogP contribution in [0.5, 0.6) is 11.5 Å². The fourth-order valence-electron chi connectivity index (χ4n) is 4.05. The molecule has 6 heteroatoms. The molecule has 142 valence electrons. The molecule has 2 aliphatic rings. The molecule has 1 saturated carbocycles. The lowest BCUT2D eigenvalue weighted by atomic mass is 9.94. The van der Waals surface area contributed by atoms with Gasteiger partial charge in [-0.25, -0.2) is 0 Å². The standard InChI is InChI=1S/C19H30N2O3.ClH/c1-22-15-6-7-19(23-2)14(12-15)8-9-20-17-5-3-4-16(17)18-13-24-11-10-21-18;/h6-7,12,16-18,20-21H,3-5,8-11,13H2,1-2H3;1H. The predicted molar refractivity (Wildman–Crippen MR) is 102 cm³/mol. The first kappa shape index (κ1) is 20.3. The lowest BCUT2D eigenvalue weighted by Crippen LogP contribution is -2.51. The normalized spacial score (nSPS) is 26.1. The van der Waals surface area contributed by atoms with E-state index in [2.05, 4.69) is 16.7 Å². The van der Waals surface area contributed by atoms with Crippen LogP contribution in [0.2, 0.25) is 0 Å². The fraction of sp³-hybridized carbons (Fsp3) is 0.684. The van der Waals surface area contributed by atoms with E-state index in [1.807, 2.05) is 12.1 Å². The number of hydrogen-bond donors (Lipinski definition) is 2. The van der Waals surface area contributed by atoms with Gasteiger partial charge in [-0.3, -0.25) is 0 Å². The Morgan fingerprint density at radius 1 is 1.24 bits per heavy atom. The van der Waals surface area contributed by atoms with Gasteiger partial charge in [-0.2, -0.15) is 0 Å². The van der Waals surface area contributed by atoms with Crippen molar-refractivity contribution in [2.24, 2.45) is 5.92 Å². The van der Waals surface area contributed by atoms with Gasteiger partial charge in [0, 0.05) is 18.6 Å². The quantitative estimate of drug-likeness (QED) is 0.772. The molecule has 5 nitrogen and oxygen atoms in total. The number of rotatable bonds is 7. The minimum atomic E-state index is 0. The summed E-state index contributed by atoms with van der Waals surface area (Å²) in [6, 6.07) is 7.09. The summed E-state index contributed by atoms with van der Waals surface area (Å²) >= 11 is 0. The van der Waals surface area contributed by atoms with Crippen LogP contribution in [0.25, 0.3) is 0 Å². The van der Waals surface area contributed by atoms with E-state index < -0.39 is 0 Å². The topological polar surface area (TPSA) is 51.8 Å². The summed E-state index contributed by atoms with van der Waals surface area (Å²) in [6.07, 6.45) is 4.81. The number of benzene rings is 1. The van der Waals surface area contributed by atoms with Crippen LogP contribution < -0.4 is 20.1 Å². The zero-order chi connectivity index (χ0) is 16.8. The first-order chi connectivity index (χ1) is 11.8. The average molecular weight is 371 g/mol. The highest BCUT2D eigenvalue weighted by atomic mass is 35.5. The highest BCUT2D eigenvalue weighted by Crippen LogP contribution is 2.30. The Morgan fingerprint density at radius 3 is 2.84 bits per heavy atom. The Labute approximate surface area is 157 Å². The second-order valence-electron chi connectivity index (χ2n) is 6.72. The Bertz CT molecular complexity index is 523. The van der Waals surface area contributed by atoms with Crippen molar-refractivity contribution in [1.82, 2.24) is 10.6 Å². The van der Waals surface area contributed by atoms with Crippen LogP contribution in [-0.4, -0.2) is 52.6 Å². The molecule has 1 aliphatic heterocycles. The summed E-state index contributed by atoms with van der Waals surface area (Å²) in [7, 11) is 3.42. The summed E-state index contributed by atoms with van der Waals surface area (Å²) in [6.45, 7) is 3.64. The predicted octanol–water partition coefficient (Wildman–Crippen LogP) is 2.41. The Morgan fingerprint density at radius 2 is 2.12 bits per heavy atom. The van der Waals surface area contributed by atoms with Crippen LogP contribution in [0.3, 0.4) is 0 Å². The van der Waals surface area contributed by atoms with Gasteiger partial charge in [-0.15, -0.1) is 12.4 Å². The minimum Gasteiger partial charge on any atom is -0.497 e. The minimum absolute atomic E-state index is 0. The smallest absolute Gasteiger partial charge is 0.122 e. The molecule has 0 bridgehead atoms. The molecule has 1 heterocycles. The molecule has 3 unspecified atom stereocenters. The molecular formula is C19H31ClN2O3. The molecule has 1 aromatic rings. The van der Waals surface area contributed by atoms with Gasteiger partial charge in [0.15, 0.2) is 0 Å². The first-order valence-electron chi connectivity index (χ1n) is 9.07.